The van der Waals surface area contributed by atoms with Crippen molar-refractivity contribution in [3.8, 4) is 6.07 Å². The van der Waals surface area contributed by atoms with Crippen LogP contribution in [0.1, 0.15) is 45.1 Å². The summed E-state index contributed by atoms with van der Waals surface area (Å²) >= 11 is 0. The van der Waals surface area contributed by atoms with E-state index in [1.807, 2.05) is 13.8 Å². The van der Waals surface area contributed by atoms with Gasteiger partial charge in [-0.3, -0.25) is 4.79 Å². The van der Waals surface area contributed by atoms with Gasteiger partial charge in [-0.05, 0) is 43.4 Å². The lowest BCUT2D eigenvalue weighted by Gasteiger charge is -2.54. The average molecular weight is 333 g/mol. The molecule has 130 valence electrons. The van der Waals surface area contributed by atoms with Crippen molar-refractivity contribution in [3.05, 3.63) is 35.6 Å². The van der Waals surface area contributed by atoms with Gasteiger partial charge in [-0.2, -0.15) is 5.26 Å². The maximum Gasteiger partial charge on any atom is 0.324 e. The molecule has 0 spiro atoms. The Morgan fingerprint density at radius 1 is 1.38 bits per heavy atom. The van der Waals surface area contributed by atoms with Crippen molar-refractivity contribution in [1.29, 1.82) is 5.26 Å². The maximum atomic E-state index is 13.5. The first-order chi connectivity index (χ1) is 11.5. The van der Waals surface area contributed by atoms with Gasteiger partial charge in [-0.15, -0.1) is 0 Å². The minimum Gasteiger partial charge on any atom is -0.468 e. The van der Waals surface area contributed by atoms with Crippen molar-refractivity contribution in [2.45, 2.75) is 50.5 Å². The van der Waals surface area contributed by atoms with E-state index in [4.69, 9.17) is 9.47 Å². The van der Waals surface area contributed by atoms with Crippen molar-refractivity contribution >= 4 is 5.97 Å². The van der Waals surface area contributed by atoms with Crippen LogP contribution in [0, 0.1) is 23.1 Å². The maximum absolute atomic E-state index is 13.5. The highest BCUT2D eigenvalue weighted by molar-refractivity contribution is 5.78. The Kier molecular flexibility index (Phi) is 5.61. The smallest absolute Gasteiger partial charge is 0.324 e. The molecule has 0 N–H and O–H groups in total. The molecule has 5 heteroatoms. The van der Waals surface area contributed by atoms with Crippen LogP contribution in [0.15, 0.2) is 24.3 Å². The second kappa shape index (κ2) is 7.31. The second-order valence-corrected chi connectivity index (χ2v) is 6.22. The van der Waals surface area contributed by atoms with E-state index in [2.05, 4.69) is 6.07 Å². The SMILES string of the molecule is CCC1(CC)OCCCC1(c1ccc(F)cc1)C(C#N)C(=O)OC. The molecule has 2 rings (SSSR count). The molecule has 0 radical (unpaired) electrons. The lowest BCUT2D eigenvalue weighted by molar-refractivity contribution is -0.172. The van der Waals surface area contributed by atoms with Gasteiger partial charge in [0.15, 0.2) is 5.92 Å². The number of nitrogens with zero attached hydrogens (tertiary/aromatic N) is 1. The molecule has 1 aliphatic heterocycles. The van der Waals surface area contributed by atoms with Crippen molar-refractivity contribution in [3.63, 3.8) is 0 Å². The van der Waals surface area contributed by atoms with E-state index in [1.54, 1.807) is 12.1 Å². The van der Waals surface area contributed by atoms with Crippen molar-refractivity contribution in [2.24, 2.45) is 5.92 Å². The van der Waals surface area contributed by atoms with Gasteiger partial charge in [0.2, 0.25) is 0 Å². The summed E-state index contributed by atoms with van der Waals surface area (Å²) in [5.41, 5.74) is -0.772. The first kappa shape index (κ1) is 18.4. The number of halogens is 1. The molecule has 0 saturated carbocycles. The summed E-state index contributed by atoms with van der Waals surface area (Å²) < 4.78 is 24.6. The minimum atomic E-state index is -1.01. The van der Waals surface area contributed by atoms with E-state index in [1.165, 1.54) is 19.2 Å². The highest BCUT2D eigenvalue weighted by Gasteiger charge is 2.60. The van der Waals surface area contributed by atoms with E-state index in [-0.39, 0.29) is 5.82 Å². The number of methoxy groups -OCH3 is 1. The van der Waals surface area contributed by atoms with Crippen LogP contribution in [0.25, 0.3) is 0 Å². The van der Waals surface area contributed by atoms with Gasteiger partial charge in [-0.1, -0.05) is 26.0 Å². The van der Waals surface area contributed by atoms with E-state index < -0.39 is 22.9 Å². The summed E-state index contributed by atoms with van der Waals surface area (Å²) in [5, 5.41) is 9.80. The number of benzene rings is 1. The highest BCUT2D eigenvalue weighted by Crippen LogP contribution is 2.53. The fourth-order valence-electron chi connectivity index (χ4n) is 4.27. The molecule has 4 nitrogen and oxygen atoms in total. The van der Waals surface area contributed by atoms with Crippen molar-refractivity contribution in [1.82, 2.24) is 0 Å². The molecule has 1 saturated heterocycles. The summed E-state index contributed by atoms with van der Waals surface area (Å²) in [6, 6.07) is 8.22. The van der Waals surface area contributed by atoms with Crippen LogP contribution in [-0.2, 0) is 19.7 Å². The first-order valence-corrected chi connectivity index (χ1v) is 8.38. The molecule has 1 aromatic carbocycles. The van der Waals surface area contributed by atoms with Gasteiger partial charge in [-0.25, -0.2) is 4.39 Å². The molecule has 0 aromatic heterocycles. The lowest BCUT2D eigenvalue weighted by atomic mass is 9.55. The summed E-state index contributed by atoms with van der Waals surface area (Å²) in [7, 11) is 1.29. The lowest BCUT2D eigenvalue weighted by Crippen LogP contribution is -2.61. The predicted molar refractivity (Wildman–Crippen MR) is 87.7 cm³/mol. The third-order valence-corrected chi connectivity index (χ3v) is 5.47. The van der Waals surface area contributed by atoms with Gasteiger partial charge in [0.1, 0.15) is 5.82 Å². The molecule has 0 bridgehead atoms. The number of hydrogen-bond acceptors (Lipinski definition) is 4. The number of carbonyl (C=O) groups is 1. The summed E-state index contributed by atoms with van der Waals surface area (Å²) in [6.07, 6.45) is 2.65. The zero-order chi connectivity index (χ0) is 17.8. The minimum absolute atomic E-state index is 0.351. The van der Waals surface area contributed by atoms with E-state index >= 15 is 0 Å². The Balaban J connectivity index is 2.74. The van der Waals surface area contributed by atoms with Crippen molar-refractivity contribution in [2.75, 3.05) is 13.7 Å². The number of hydrogen-bond donors (Lipinski definition) is 0. The number of ether oxygens (including phenoxy) is 2. The third kappa shape index (κ3) is 2.69. The van der Waals surface area contributed by atoms with Gasteiger partial charge in [0, 0.05) is 6.61 Å². The molecule has 1 aromatic rings. The summed E-state index contributed by atoms with van der Waals surface area (Å²) in [6.45, 7) is 4.58. The van der Waals surface area contributed by atoms with Crippen LogP contribution in [0.3, 0.4) is 0 Å². The molecule has 1 aliphatic rings. The standard InChI is InChI=1S/C19H24FNO3/c1-4-18(5-2)19(11-6-12-24-18,16(13-21)17(22)23-3)14-7-9-15(20)10-8-14/h7-10,16H,4-6,11-12H2,1-3H3. The molecule has 0 amide bonds. The molecular weight excluding hydrogens is 309 g/mol. The Morgan fingerprint density at radius 2 is 2.00 bits per heavy atom. The van der Waals surface area contributed by atoms with Crippen LogP contribution >= 0.6 is 0 Å². The van der Waals surface area contributed by atoms with Crippen LogP contribution < -0.4 is 0 Å². The largest absolute Gasteiger partial charge is 0.468 e. The van der Waals surface area contributed by atoms with Gasteiger partial charge >= 0.3 is 5.97 Å². The molecular formula is C19H24FNO3. The quantitative estimate of drug-likeness (QED) is 0.770. The molecule has 2 unspecified atom stereocenters. The Morgan fingerprint density at radius 3 is 2.50 bits per heavy atom. The number of rotatable bonds is 5. The van der Waals surface area contributed by atoms with Crippen LogP contribution in [0.5, 0.6) is 0 Å². The average Bonchev–Trinajstić information content (AvgIpc) is 2.63. The highest BCUT2D eigenvalue weighted by atomic mass is 19.1. The fraction of sp³-hybridized carbons (Fsp3) is 0.579. The van der Waals surface area contributed by atoms with Crippen LogP contribution in [0.4, 0.5) is 4.39 Å². The fourth-order valence-corrected chi connectivity index (χ4v) is 4.27. The van der Waals surface area contributed by atoms with E-state index in [9.17, 15) is 14.4 Å². The van der Waals surface area contributed by atoms with Gasteiger partial charge in [0.25, 0.3) is 0 Å². The monoisotopic (exact) mass is 333 g/mol. The Labute approximate surface area is 142 Å². The first-order valence-electron chi connectivity index (χ1n) is 8.38. The molecule has 1 fully saturated rings. The summed E-state index contributed by atoms with van der Waals surface area (Å²) in [5.74, 6) is -1.93. The van der Waals surface area contributed by atoms with Crippen molar-refractivity contribution < 1.29 is 18.7 Å². The Hall–Kier alpha value is -1.93. The third-order valence-electron chi connectivity index (χ3n) is 5.47. The molecule has 2 atom stereocenters. The van der Waals surface area contributed by atoms with E-state index in [0.717, 1.165) is 12.0 Å². The Bertz CT molecular complexity index is 618. The molecule has 24 heavy (non-hydrogen) atoms. The van der Waals surface area contributed by atoms with Gasteiger partial charge < -0.3 is 9.47 Å². The summed E-state index contributed by atoms with van der Waals surface area (Å²) in [4.78, 5) is 12.4. The second-order valence-electron chi connectivity index (χ2n) is 6.22. The molecule has 0 aliphatic carbocycles. The van der Waals surface area contributed by atoms with Gasteiger partial charge in [0.05, 0.1) is 24.2 Å². The number of nitriles is 1. The normalized spacial score (nSPS) is 24.0. The zero-order valence-electron chi connectivity index (χ0n) is 14.5. The van der Waals surface area contributed by atoms with Crippen LogP contribution in [0.2, 0.25) is 0 Å². The van der Waals surface area contributed by atoms with Crippen LogP contribution in [-0.4, -0.2) is 25.3 Å². The topological polar surface area (TPSA) is 59.3 Å². The zero-order valence-corrected chi connectivity index (χ0v) is 14.5. The number of esters is 1. The van der Waals surface area contributed by atoms with E-state index in [0.29, 0.717) is 25.9 Å². The number of carbonyl (C=O) groups excluding carboxylic acids is 1. The predicted octanol–water partition coefficient (Wildman–Crippen LogP) is 3.75. The molecule has 1 heterocycles.